The van der Waals surface area contributed by atoms with E-state index in [0.717, 1.165) is 32.6 Å². The number of nitrogens with zero attached hydrogens (tertiary/aromatic N) is 3. The first-order chi connectivity index (χ1) is 13.4. The molecule has 28 heavy (non-hydrogen) atoms. The van der Waals surface area contributed by atoms with Crippen molar-refractivity contribution in [1.29, 1.82) is 0 Å². The molecule has 0 unspecified atom stereocenters. The van der Waals surface area contributed by atoms with Crippen molar-refractivity contribution in [1.82, 2.24) is 14.7 Å². The number of halogens is 1. The van der Waals surface area contributed by atoms with Crippen LogP contribution in [0, 0.1) is 11.7 Å². The fraction of sp³-hybridized carbons (Fsp3) is 0.619. The molecule has 2 fully saturated rings. The molecule has 3 rings (SSSR count). The van der Waals surface area contributed by atoms with Gasteiger partial charge in [-0.1, -0.05) is 12.1 Å². The Morgan fingerprint density at radius 1 is 1.18 bits per heavy atom. The number of carbonyl (C=O) groups is 2. The van der Waals surface area contributed by atoms with E-state index < -0.39 is 5.97 Å². The smallest absolute Gasteiger partial charge is 0.303 e. The summed E-state index contributed by atoms with van der Waals surface area (Å²) < 4.78 is 13.4. The fourth-order valence-electron chi connectivity index (χ4n) is 4.41. The van der Waals surface area contributed by atoms with Crippen molar-refractivity contribution in [2.45, 2.75) is 31.7 Å². The van der Waals surface area contributed by atoms with Crippen LogP contribution in [0.3, 0.4) is 0 Å². The van der Waals surface area contributed by atoms with E-state index in [2.05, 4.69) is 16.8 Å². The Bertz CT molecular complexity index is 691. The van der Waals surface area contributed by atoms with Crippen LogP contribution in [0.2, 0.25) is 0 Å². The van der Waals surface area contributed by atoms with Crippen molar-refractivity contribution in [3.63, 3.8) is 0 Å². The molecule has 2 atom stereocenters. The predicted molar refractivity (Wildman–Crippen MR) is 105 cm³/mol. The molecule has 0 bridgehead atoms. The standard InChI is InChI=1S/C21H30FN3O3/c1-23-9-11-24(12-10-23)19-7-8-25(15-17(19)5-6-21(27)28)20(26)14-16-3-2-4-18(22)13-16/h2-4,13,17,19H,5-12,14-15H2,1H3,(H,27,28)/t17-,19+/m0/s1. The summed E-state index contributed by atoms with van der Waals surface area (Å²) in [4.78, 5) is 30.5. The number of hydrogen-bond acceptors (Lipinski definition) is 4. The zero-order chi connectivity index (χ0) is 20.1. The summed E-state index contributed by atoms with van der Waals surface area (Å²) >= 11 is 0. The summed E-state index contributed by atoms with van der Waals surface area (Å²) in [5.74, 6) is -0.980. The minimum atomic E-state index is -0.791. The first kappa shape index (κ1) is 20.7. The highest BCUT2D eigenvalue weighted by atomic mass is 19.1. The molecule has 7 heteroatoms. The minimum absolute atomic E-state index is 0.0113. The van der Waals surface area contributed by atoms with Crippen molar-refractivity contribution in [3.05, 3.63) is 35.6 Å². The summed E-state index contributed by atoms with van der Waals surface area (Å²) in [5, 5.41) is 9.14. The third kappa shape index (κ3) is 5.52. The van der Waals surface area contributed by atoms with Crippen LogP contribution in [0.15, 0.2) is 24.3 Å². The molecule has 1 amide bonds. The van der Waals surface area contributed by atoms with Gasteiger partial charge in [0, 0.05) is 51.7 Å². The number of benzene rings is 1. The van der Waals surface area contributed by atoms with Gasteiger partial charge in [-0.15, -0.1) is 0 Å². The van der Waals surface area contributed by atoms with Crippen LogP contribution in [0.5, 0.6) is 0 Å². The number of carboxylic acids is 1. The maximum atomic E-state index is 13.4. The van der Waals surface area contributed by atoms with Crippen LogP contribution in [0.1, 0.15) is 24.8 Å². The molecule has 2 heterocycles. The number of piperazine rings is 1. The van der Waals surface area contributed by atoms with Crippen LogP contribution in [-0.2, 0) is 16.0 Å². The number of rotatable bonds is 6. The van der Waals surface area contributed by atoms with Crippen molar-refractivity contribution in [3.8, 4) is 0 Å². The normalized spacial score (nSPS) is 24.3. The fourth-order valence-corrected chi connectivity index (χ4v) is 4.41. The van der Waals surface area contributed by atoms with Crippen LogP contribution in [-0.4, -0.2) is 84.0 Å². The second-order valence-electron chi connectivity index (χ2n) is 8.03. The van der Waals surface area contributed by atoms with E-state index >= 15 is 0 Å². The molecule has 1 aromatic rings. The molecule has 0 spiro atoms. The van der Waals surface area contributed by atoms with Gasteiger partial charge in [-0.3, -0.25) is 14.5 Å². The molecule has 154 valence electrons. The van der Waals surface area contributed by atoms with Crippen LogP contribution in [0.25, 0.3) is 0 Å². The highest BCUT2D eigenvalue weighted by Crippen LogP contribution is 2.27. The SMILES string of the molecule is CN1CCN([C@@H]2CCN(C(=O)Cc3cccc(F)c3)C[C@@H]2CCC(=O)O)CC1. The topological polar surface area (TPSA) is 64.1 Å². The minimum Gasteiger partial charge on any atom is -0.481 e. The zero-order valence-electron chi connectivity index (χ0n) is 16.5. The van der Waals surface area contributed by atoms with Gasteiger partial charge in [0.05, 0.1) is 6.42 Å². The van der Waals surface area contributed by atoms with Gasteiger partial charge in [-0.2, -0.15) is 0 Å². The van der Waals surface area contributed by atoms with E-state index in [1.54, 1.807) is 12.1 Å². The van der Waals surface area contributed by atoms with Crippen molar-refractivity contribution < 1.29 is 19.1 Å². The number of aliphatic carboxylic acids is 1. The maximum absolute atomic E-state index is 13.4. The lowest BCUT2D eigenvalue weighted by molar-refractivity contribution is -0.137. The molecule has 0 saturated carbocycles. The summed E-state index contributed by atoms with van der Waals surface area (Å²) in [6, 6.07) is 6.48. The molecule has 0 aliphatic carbocycles. The molecular formula is C21H30FN3O3. The Balaban J connectivity index is 1.64. The highest BCUT2D eigenvalue weighted by Gasteiger charge is 2.35. The quantitative estimate of drug-likeness (QED) is 0.800. The van der Waals surface area contributed by atoms with Crippen LogP contribution < -0.4 is 0 Å². The second-order valence-corrected chi connectivity index (χ2v) is 8.03. The molecule has 0 aromatic heterocycles. The number of likely N-dealkylation sites (N-methyl/N-ethyl adjacent to an activating group) is 1. The average molecular weight is 391 g/mol. The van der Waals surface area contributed by atoms with Gasteiger partial charge in [0.1, 0.15) is 5.82 Å². The van der Waals surface area contributed by atoms with Crippen molar-refractivity contribution in [2.75, 3.05) is 46.3 Å². The van der Waals surface area contributed by atoms with E-state index in [-0.39, 0.29) is 30.5 Å². The molecule has 2 aliphatic rings. The first-order valence-electron chi connectivity index (χ1n) is 10.1. The molecule has 1 aromatic carbocycles. The number of carboxylic acid groups (broad SMARTS) is 1. The molecule has 0 radical (unpaired) electrons. The van der Waals surface area contributed by atoms with Crippen molar-refractivity contribution in [2.24, 2.45) is 5.92 Å². The lowest BCUT2D eigenvalue weighted by Crippen LogP contribution is -2.57. The van der Waals surface area contributed by atoms with Crippen LogP contribution in [0.4, 0.5) is 4.39 Å². The van der Waals surface area contributed by atoms with Crippen LogP contribution >= 0.6 is 0 Å². The number of likely N-dealkylation sites (tertiary alicyclic amines) is 1. The number of amides is 1. The summed E-state index contributed by atoms with van der Waals surface area (Å²) in [5.41, 5.74) is 0.674. The van der Waals surface area contributed by atoms with Gasteiger partial charge in [0.15, 0.2) is 0 Å². The second kappa shape index (κ2) is 9.47. The summed E-state index contributed by atoms with van der Waals surface area (Å²) in [6.07, 6.45) is 1.75. The monoisotopic (exact) mass is 391 g/mol. The average Bonchev–Trinajstić information content (AvgIpc) is 2.67. The van der Waals surface area contributed by atoms with Gasteiger partial charge in [0.2, 0.25) is 5.91 Å². The number of hydrogen-bond donors (Lipinski definition) is 1. The van der Waals surface area contributed by atoms with E-state index in [0.29, 0.717) is 31.1 Å². The molecule has 6 nitrogen and oxygen atoms in total. The van der Waals surface area contributed by atoms with E-state index in [9.17, 15) is 14.0 Å². The van der Waals surface area contributed by atoms with E-state index in [1.807, 2.05) is 4.90 Å². The van der Waals surface area contributed by atoms with Gasteiger partial charge < -0.3 is 14.9 Å². The Morgan fingerprint density at radius 2 is 1.93 bits per heavy atom. The Morgan fingerprint density at radius 3 is 2.61 bits per heavy atom. The van der Waals surface area contributed by atoms with E-state index in [1.165, 1.54) is 12.1 Å². The first-order valence-corrected chi connectivity index (χ1v) is 10.1. The Labute approximate surface area is 165 Å². The van der Waals surface area contributed by atoms with Gasteiger partial charge in [0.25, 0.3) is 0 Å². The molecule has 2 saturated heterocycles. The Kier molecular flexibility index (Phi) is 7.02. The zero-order valence-corrected chi connectivity index (χ0v) is 16.5. The van der Waals surface area contributed by atoms with Gasteiger partial charge >= 0.3 is 5.97 Å². The summed E-state index contributed by atoms with van der Waals surface area (Å²) in [7, 11) is 2.12. The highest BCUT2D eigenvalue weighted by molar-refractivity contribution is 5.79. The summed E-state index contributed by atoms with van der Waals surface area (Å²) in [6.45, 7) is 5.27. The third-order valence-corrected chi connectivity index (χ3v) is 6.03. The molecule has 2 aliphatic heterocycles. The van der Waals surface area contributed by atoms with Crippen molar-refractivity contribution >= 4 is 11.9 Å². The van der Waals surface area contributed by atoms with E-state index in [4.69, 9.17) is 5.11 Å². The molecular weight excluding hydrogens is 361 g/mol. The number of piperidine rings is 1. The Hall–Kier alpha value is -1.99. The number of carbonyl (C=O) groups excluding carboxylic acids is 1. The van der Waals surface area contributed by atoms with Gasteiger partial charge in [-0.25, -0.2) is 4.39 Å². The molecule has 1 N–H and O–H groups in total. The predicted octanol–water partition coefficient (Wildman–Crippen LogP) is 1.70. The van der Waals surface area contributed by atoms with Gasteiger partial charge in [-0.05, 0) is 43.5 Å². The largest absolute Gasteiger partial charge is 0.481 e. The lowest BCUT2D eigenvalue weighted by atomic mass is 9.86. The lowest BCUT2D eigenvalue weighted by Gasteiger charge is -2.46. The maximum Gasteiger partial charge on any atom is 0.303 e. The third-order valence-electron chi connectivity index (χ3n) is 6.03.